The Morgan fingerprint density at radius 2 is 1.95 bits per heavy atom. The molecule has 4 fully saturated rings. The van der Waals surface area contributed by atoms with Crippen molar-refractivity contribution < 1.29 is 33.8 Å². The molecule has 4 rings (SSSR count). The maximum absolute atomic E-state index is 14.4. The quantitative estimate of drug-likeness (QED) is 0.175. The van der Waals surface area contributed by atoms with E-state index >= 15 is 0 Å². The molecule has 0 unspecified atom stereocenters. The van der Waals surface area contributed by atoms with Crippen LogP contribution in [0.5, 0.6) is 0 Å². The molecule has 1 aliphatic carbocycles. The Labute approximate surface area is 243 Å². The third kappa shape index (κ3) is 6.38. The van der Waals surface area contributed by atoms with Gasteiger partial charge >= 0.3 is 5.97 Å². The van der Waals surface area contributed by atoms with E-state index in [0.717, 1.165) is 32.1 Å². The third-order valence-electron chi connectivity index (χ3n) is 9.22. The summed E-state index contributed by atoms with van der Waals surface area (Å²) in [6.07, 6.45) is 10.4. The molecule has 0 radical (unpaired) electrons. The molecule has 0 aromatic heterocycles. The number of hydrogen-bond donors (Lipinski definition) is 2. The summed E-state index contributed by atoms with van der Waals surface area (Å²) in [5, 5.41) is 12.2. The SMILES string of the molecule is C=CCCC(=O)NC[C@@H](C)OC(=O)[C@@H]1[C@@H]2CC[C@]3(O2)[C@H](C(=O)N(CC=C)C2CCCCC2)N(CCCCO)C(=O)[C@@H]13. The molecule has 3 heterocycles. The van der Waals surface area contributed by atoms with E-state index < -0.39 is 41.7 Å². The number of carbonyl (C=O) groups excluding carboxylic acids is 4. The molecular weight excluding hydrogens is 526 g/mol. The molecular formula is C31H47N3O7. The molecule has 2 N–H and O–H groups in total. The van der Waals surface area contributed by atoms with Gasteiger partial charge < -0.3 is 29.7 Å². The van der Waals surface area contributed by atoms with Gasteiger partial charge in [-0.05, 0) is 51.9 Å². The molecule has 6 atom stereocenters. The zero-order valence-electron chi connectivity index (χ0n) is 24.4. The number of aliphatic hydroxyl groups excluding tert-OH is 1. The van der Waals surface area contributed by atoms with E-state index in [0.29, 0.717) is 51.6 Å². The number of rotatable bonds is 15. The number of unbranched alkanes of at least 4 members (excludes halogenated alkanes) is 1. The summed E-state index contributed by atoms with van der Waals surface area (Å²) in [7, 11) is 0. The van der Waals surface area contributed by atoms with Gasteiger partial charge in [-0.15, -0.1) is 13.2 Å². The van der Waals surface area contributed by atoms with Crippen LogP contribution in [0, 0.1) is 11.8 Å². The Hall–Kier alpha value is -2.72. The highest BCUT2D eigenvalue weighted by atomic mass is 16.6. The molecule has 41 heavy (non-hydrogen) atoms. The van der Waals surface area contributed by atoms with Crippen LogP contribution in [0.2, 0.25) is 0 Å². The van der Waals surface area contributed by atoms with Crippen LogP contribution in [0.3, 0.4) is 0 Å². The van der Waals surface area contributed by atoms with E-state index in [1.54, 1.807) is 24.0 Å². The molecule has 228 valence electrons. The van der Waals surface area contributed by atoms with Crippen molar-refractivity contribution in [2.45, 2.75) is 107 Å². The molecule has 10 nitrogen and oxygen atoms in total. The molecule has 10 heteroatoms. The third-order valence-corrected chi connectivity index (χ3v) is 9.22. The number of fused-ring (bicyclic) bond motifs is 1. The van der Waals surface area contributed by atoms with Gasteiger partial charge in [0.1, 0.15) is 17.7 Å². The van der Waals surface area contributed by atoms with E-state index in [-0.39, 0.29) is 36.9 Å². The Morgan fingerprint density at radius 1 is 1.20 bits per heavy atom. The second-order valence-corrected chi connectivity index (χ2v) is 12.0. The Morgan fingerprint density at radius 3 is 2.63 bits per heavy atom. The largest absolute Gasteiger partial charge is 0.460 e. The minimum atomic E-state index is -1.09. The lowest BCUT2D eigenvalue weighted by Gasteiger charge is -2.40. The standard InChI is InChI=1S/C31H47N3O7/c1-4-6-14-24(36)32-20-21(3)40-30(39)25-23-15-16-31(41-23)26(25)28(37)34(18-10-11-19-35)27(31)29(38)33(17-5-2)22-12-8-7-9-13-22/h4-5,21-23,25-27,35H,1-2,6-20H2,3H3,(H,32,36)/t21-,23+,25-,26-,27+,31-/m1/s1. The zero-order valence-corrected chi connectivity index (χ0v) is 24.4. The van der Waals surface area contributed by atoms with Gasteiger partial charge in [-0.1, -0.05) is 31.4 Å². The average molecular weight is 574 g/mol. The van der Waals surface area contributed by atoms with Gasteiger partial charge in [0.2, 0.25) is 17.7 Å². The second-order valence-electron chi connectivity index (χ2n) is 12.0. The molecule has 3 saturated heterocycles. The second kappa shape index (κ2) is 14.0. The maximum Gasteiger partial charge on any atom is 0.312 e. The van der Waals surface area contributed by atoms with E-state index in [1.807, 2.05) is 4.90 Å². The number of ether oxygens (including phenoxy) is 2. The summed E-state index contributed by atoms with van der Waals surface area (Å²) in [5.74, 6) is -2.68. The number of nitrogens with zero attached hydrogens (tertiary/aromatic N) is 2. The summed E-state index contributed by atoms with van der Waals surface area (Å²) >= 11 is 0. The van der Waals surface area contributed by atoms with Crippen molar-refractivity contribution in [3.8, 4) is 0 Å². The number of nitrogens with one attached hydrogen (secondary N) is 1. The van der Waals surface area contributed by atoms with E-state index in [1.165, 1.54) is 0 Å². The minimum Gasteiger partial charge on any atom is -0.460 e. The molecule has 0 aromatic carbocycles. The lowest BCUT2D eigenvalue weighted by atomic mass is 9.70. The summed E-state index contributed by atoms with van der Waals surface area (Å²) in [6, 6.07) is -0.744. The van der Waals surface area contributed by atoms with E-state index in [9.17, 15) is 24.3 Å². The van der Waals surface area contributed by atoms with Crippen molar-refractivity contribution >= 4 is 23.7 Å². The molecule has 1 saturated carbocycles. The Balaban J connectivity index is 1.55. The van der Waals surface area contributed by atoms with Crippen LogP contribution in [-0.4, -0.2) is 94.7 Å². The van der Waals surface area contributed by atoms with Crippen LogP contribution >= 0.6 is 0 Å². The number of allylic oxidation sites excluding steroid dienone is 1. The molecule has 1 spiro atoms. The number of likely N-dealkylation sites (tertiary alicyclic amines) is 1. The lowest BCUT2D eigenvalue weighted by Crippen LogP contribution is -2.58. The van der Waals surface area contributed by atoms with Crippen LogP contribution in [-0.2, 0) is 28.7 Å². The number of esters is 1. The first-order chi connectivity index (χ1) is 19.8. The first-order valence-electron chi connectivity index (χ1n) is 15.4. The predicted molar refractivity (Wildman–Crippen MR) is 152 cm³/mol. The molecule has 0 aromatic rings. The van der Waals surface area contributed by atoms with Gasteiger partial charge in [0.05, 0.1) is 24.5 Å². The van der Waals surface area contributed by atoms with Gasteiger partial charge in [0.25, 0.3) is 0 Å². The average Bonchev–Trinajstić information content (AvgIpc) is 3.61. The molecule has 3 aliphatic heterocycles. The highest BCUT2D eigenvalue weighted by Crippen LogP contribution is 2.59. The van der Waals surface area contributed by atoms with Crippen molar-refractivity contribution in [3.05, 3.63) is 25.3 Å². The summed E-state index contributed by atoms with van der Waals surface area (Å²) in [5.41, 5.74) is -1.09. The zero-order chi connectivity index (χ0) is 29.6. The van der Waals surface area contributed by atoms with Crippen LogP contribution in [0.4, 0.5) is 0 Å². The van der Waals surface area contributed by atoms with Gasteiger partial charge in [-0.3, -0.25) is 19.2 Å². The van der Waals surface area contributed by atoms with Crippen LogP contribution in [0.1, 0.15) is 77.6 Å². The smallest absolute Gasteiger partial charge is 0.312 e. The molecule has 2 bridgehead atoms. The fourth-order valence-electron chi connectivity index (χ4n) is 7.34. The van der Waals surface area contributed by atoms with E-state index in [4.69, 9.17) is 9.47 Å². The number of carbonyl (C=O) groups is 4. The monoisotopic (exact) mass is 573 g/mol. The number of amides is 3. The van der Waals surface area contributed by atoms with Gasteiger partial charge in [-0.25, -0.2) is 0 Å². The van der Waals surface area contributed by atoms with Gasteiger partial charge in [0, 0.05) is 32.2 Å². The van der Waals surface area contributed by atoms with Crippen molar-refractivity contribution in [3.63, 3.8) is 0 Å². The van der Waals surface area contributed by atoms with Crippen molar-refractivity contribution in [1.29, 1.82) is 0 Å². The van der Waals surface area contributed by atoms with Gasteiger partial charge in [-0.2, -0.15) is 0 Å². The molecule has 3 amide bonds. The fraction of sp³-hybridized carbons (Fsp3) is 0.742. The van der Waals surface area contributed by atoms with Gasteiger partial charge in [0.15, 0.2) is 0 Å². The summed E-state index contributed by atoms with van der Waals surface area (Å²) < 4.78 is 12.3. The predicted octanol–water partition coefficient (Wildman–Crippen LogP) is 2.49. The summed E-state index contributed by atoms with van der Waals surface area (Å²) in [6.45, 7) is 10.1. The topological polar surface area (TPSA) is 125 Å². The first-order valence-corrected chi connectivity index (χ1v) is 15.4. The molecule has 4 aliphatic rings. The fourth-order valence-corrected chi connectivity index (χ4v) is 7.34. The minimum absolute atomic E-state index is 0.00454. The van der Waals surface area contributed by atoms with Crippen molar-refractivity contribution in [2.75, 3.05) is 26.2 Å². The normalized spacial score (nSPS) is 29.6. The number of hydrogen-bond acceptors (Lipinski definition) is 7. The van der Waals surface area contributed by atoms with Crippen molar-refractivity contribution in [2.24, 2.45) is 11.8 Å². The van der Waals surface area contributed by atoms with Crippen molar-refractivity contribution in [1.82, 2.24) is 15.1 Å². The lowest BCUT2D eigenvalue weighted by molar-refractivity contribution is -0.159. The highest BCUT2D eigenvalue weighted by molar-refractivity contribution is 5.98. The van der Waals surface area contributed by atoms with Crippen LogP contribution in [0.15, 0.2) is 25.3 Å². The first kappa shape index (κ1) is 31.2. The highest BCUT2D eigenvalue weighted by Gasteiger charge is 2.75. The summed E-state index contributed by atoms with van der Waals surface area (Å²) in [4.78, 5) is 57.5. The number of aliphatic hydroxyl groups is 1. The Kier molecular flexibility index (Phi) is 10.6. The maximum atomic E-state index is 14.4. The van der Waals surface area contributed by atoms with Crippen LogP contribution < -0.4 is 5.32 Å². The van der Waals surface area contributed by atoms with E-state index in [2.05, 4.69) is 18.5 Å². The Bertz CT molecular complexity index is 996. The van der Waals surface area contributed by atoms with Crippen LogP contribution in [0.25, 0.3) is 0 Å².